The van der Waals surface area contributed by atoms with Gasteiger partial charge >= 0.3 is 0 Å². The van der Waals surface area contributed by atoms with Gasteiger partial charge in [-0.3, -0.25) is 9.69 Å². The van der Waals surface area contributed by atoms with Crippen molar-refractivity contribution in [3.63, 3.8) is 0 Å². The maximum absolute atomic E-state index is 12.7. The molecule has 0 radical (unpaired) electrons. The molecule has 5 heteroatoms. The second-order valence-electron chi connectivity index (χ2n) is 5.57. The molecule has 116 valence electrons. The Morgan fingerprint density at radius 2 is 1.83 bits per heavy atom. The zero-order valence-corrected chi connectivity index (χ0v) is 13.6. The number of hydrogen-bond donors (Lipinski definition) is 2. The highest BCUT2D eigenvalue weighted by Crippen LogP contribution is 2.25. The van der Waals surface area contributed by atoms with Crippen molar-refractivity contribution >= 4 is 35.0 Å². The highest BCUT2D eigenvalue weighted by molar-refractivity contribution is 7.80. The van der Waals surface area contributed by atoms with Gasteiger partial charge in [0.05, 0.1) is 5.69 Å². The van der Waals surface area contributed by atoms with Gasteiger partial charge in [-0.25, -0.2) is 0 Å². The van der Waals surface area contributed by atoms with Crippen molar-refractivity contribution in [2.45, 2.75) is 13.8 Å². The normalized spacial score (nSPS) is 16.1. The molecule has 1 aliphatic rings. The molecular formula is C18H16N2O2S. The van der Waals surface area contributed by atoms with E-state index in [1.807, 2.05) is 38.1 Å². The van der Waals surface area contributed by atoms with E-state index in [-0.39, 0.29) is 11.7 Å². The largest absolute Gasteiger partial charge is 0.508 e. The van der Waals surface area contributed by atoms with Crippen molar-refractivity contribution in [3.8, 4) is 5.75 Å². The standard InChI is InChI=1S/C18H16N2O2S/c1-11-6-12(2)8-14(7-11)20-17(22)16(19-18(20)23)10-13-4-3-5-15(21)9-13/h3-10,21H,1-2H3,(H,19,23)/b16-10+. The summed E-state index contributed by atoms with van der Waals surface area (Å²) >= 11 is 5.31. The van der Waals surface area contributed by atoms with Crippen LogP contribution in [-0.2, 0) is 4.79 Å². The van der Waals surface area contributed by atoms with Crippen LogP contribution in [0.5, 0.6) is 5.75 Å². The molecule has 0 atom stereocenters. The SMILES string of the molecule is Cc1cc(C)cc(N2C(=O)/C(=C\c3cccc(O)c3)NC2=S)c1. The first-order valence-corrected chi connectivity index (χ1v) is 7.59. The van der Waals surface area contributed by atoms with Crippen LogP contribution in [0.4, 0.5) is 5.69 Å². The van der Waals surface area contributed by atoms with Gasteiger partial charge in [0, 0.05) is 0 Å². The third-order valence-electron chi connectivity index (χ3n) is 3.52. The fraction of sp³-hybridized carbons (Fsp3) is 0.111. The van der Waals surface area contributed by atoms with Crippen molar-refractivity contribution < 1.29 is 9.90 Å². The molecule has 0 aromatic heterocycles. The van der Waals surface area contributed by atoms with Gasteiger partial charge in [0.15, 0.2) is 5.11 Å². The van der Waals surface area contributed by atoms with E-state index in [0.717, 1.165) is 22.4 Å². The van der Waals surface area contributed by atoms with Gasteiger partial charge < -0.3 is 10.4 Å². The molecule has 0 bridgehead atoms. The van der Waals surface area contributed by atoms with E-state index in [1.165, 1.54) is 4.90 Å². The number of anilines is 1. The molecule has 4 nitrogen and oxygen atoms in total. The molecule has 1 aliphatic heterocycles. The summed E-state index contributed by atoms with van der Waals surface area (Å²) < 4.78 is 0. The lowest BCUT2D eigenvalue weighted by Gasteiger charge is -2.15. The van der Waals surface area contributed by atoms with E-state index in [4.69, 9.17) is 12.2 Å². The van der Waals surface area contributed by atoms with Gasteiger partial charge in [-0.05, 0) is 73.1 Å². The Labute approximate surface area is 140 Å². The Kier molecular flexibility index (Phi) is 3.88. The molecule has 1 saturated heterocycles. The number of carbonyl (C=O) groups is 1. The lowest BCUT2D eigenvalue weighted by molar-refractivity contribution is -0.113. The van der Waals surface area contributed by atoms with Crippen LogP contribution in [-0.4, -0.2) is 16.1 Å². The van der Waals surface area contributed by atoms with Crippen LogP contribution in [0.2, 0.25) is 0 Å². The monoisotopic (exact) mass is 324 g/mol. The quantitative estimate of drug-likeness (QED) is 0.657. The third-order valence-corrected chi connectivity index (χ3v) is 3.81. The van der Waals surface area contributed by atoms with Gasteiger partial charge in [-0.2, -0.15) is 0 Å². The van der Waals surface area contributed by atoms with Crippen molar-refractivity contribution in [2.24, 2.45) is 0 Å². The topological polar surface area (TPSA) is 52.6 Å². The van der Waals surface area contributed by atoms with E-state index in [0.29, 0.717) is 10.8 Å². The Morgan fingerprint density at radius 1 is 1.13 bits per heavy atom. The van der Waals surface area contributed by atoms with Crippen molar-refractivity contribution in [2.75, 3.05) is 4.90 Å². The number of phenols is 1. The van der Waals surface area contributed by atoms with E-state index in [2.05, 4.69) is 5.32 Å². The average molecular weight is 324 g/mol. The summed E-state index contributed by atoms with van der Waals surface area (Å²) in [6.07, 6.45) is 1.68. The van der Waals surface area contributed by atoms with Crippen molar-refractivity contribution in [1.82, 2.24) is 5.32 Å². The molecule has 3 rings (SSSR count). The maximum Gasteiger partial charge on any atom is 0.281 e. The number of amides is 1. The van der Waals surface area contributed by atoms with E-state index < -0.39 is 0 Å². The lowest BCUT2D eigenvalue weighted by atomic mass is 10.1. The fourth-order valence-corrected chi connectivity index (χ4v) is 2.93. The van der Waals surface area contributed by atoms with Crippen LogP contribution < -0.4 is 10.2 Å². The van der Waals surface area contributed by atoms with Crippen LogP contribution >= 0.6 is 12.2 Å². The predicted octanol–water partition coefficient (Wildman–Crippen LogP) is 3.27. The molecular weight excluding hydrogens is 308 g/mol. The maximum atomic E-state index is 12.7. The number of nitrogens with zero attached hydrogens (tertiary/aromatic N) is 1. The molecule has 2 aromatic carbocycles. The van der Waals surface area contributed by atoms with Gasteiger partial charge in [-0.15, -0.1) is 0 Å². The van der Waals surface area contributed by atoms with Crippen LogP contribution in [0.15, 0.2) is 48.2 Å². The van der Waals surface area contributed by atoms with E-state index >= 15 is 0 Å². The molecule has 0 unspecified atom stereocenters. The van der Waals surface area contributed by atoms with Gasteiger partial charge in [0.2, 0.25) is 0 Å². The van der Waals surface area contributed by atoms with Crippen LogP contribution in [0.1, 0.15) is 16.7 Å². The number of phenolic OH excluding ortho intramolecular Hbond substituents is 1. The zero-order valence-electron chi connectivity index (χ0n) is 12.8. The van der Waals surface area contributed by atoms with E-state index in [9.17, 15) is 9.90 Å². The number of aryl methyl sites for hydroxylation is 2. The predicted molar refractivity (Wildman–Crippen MR) is 95.2 cm³/mol. The first kappa shape index (κ1) is 15.2. The number of thiocarbonyl (C=S) groups is 1. The highest BCUT2D eigenvalue weighted by atomic mass is 32.1. The number of nitrogens with one attached hydrogen (secondary N) is 1. The van der Waals surface area contributed by atoms with E-state index in [1.54, 1.807) is 24.3 Å². The number of carbonyl (C=O) groups excluding carboxylic acids is 1. The number of hydrogen-bond acceptors (Lipinski definition) is 3. The minimum Gasteiger partial charge on any atom is -0.508 e. The summed E-state index contributed by atoms with van der Waals surface area (Å²) in [6, 6.07) is 12.6. The minimum atomic E-state index is -0.205. The summed E-state index contributed by atoms with van der Waals surface area (Å²) in [5.41, 5.74) is 4.01. The van der Waals surface area contributed by atoms with Gasteiger partial charge in [-0.1, -0.05) is 18.2 Å². The molecule has 0 aliphatic carbocycles. The van der Waals surface area contributed by atoms with Crippen LogP contribution in [0.25, 0.3) is 6.08 Å². The Hall–Kier alpha value is -2.66. The van der Waals surface area contributed by atoms with Gasteiger partial charge in [0.25, 0.3) is 5.91 Å². The zero-order chi connectivity index (χ0) is 16.6. The molecule has 23 heavy (non-hydrogen) atoms. The average Bonchev–Trinajstić information content (AvgIpc) is 2.72. The summed E-state index contributed by atoms with van der Waals surface area (Å²) in [4.78, 5) is 14.2. The summed E-state index contributed by atoms with van der Waals surface area (Å²) in [5.74, 6) is -0.0538. The Balaban J connectivity index is 1.97. The third kappa shape index (κ3) is 3.10. The van der Waals surface area contributed by atoms with Crippen molar-refractivity contribution in [1.29, 1.82) is 0 Å². The molecule has 1 amide bonds. The van der Waals surface area contributed by atoms with Gasteiger partial charge in [0.1, 0.15) is 11.4 Å². The van der Waals surface area contributed by atoms with Crippen LogP contribution in [0, 0.1) is 13.8 Å². The Bertz CT molecular complexity index is 822. The number of aromatic hydroxyl groups is 1. The second kappa shape index (κ2) is 5.85. The molecule has 1 heterocycles. The Morgan fingerprint density at radius 3 is 2.48 bits per heavy atom. The summed E-state index contributed by atoms with van der Waals surface area (Å²) in [6.45, 7) is 3.97. The summed E-state index contributed by atoms with van der Waals surface area (Å²) in [5, 5.41) is 12.8. The second-order valence-corrected chi connectivity index (χ2v) is 5.96. The molecule has 0 saturated carbocycles. The fourth-order valence-electron chi connectivity index (χ4n) is 2.63. The summed E-state index contributed by atoms with van der Waals surface area (Å²) in [7, 11) is 0. The number of benzene rings is 2. The number of rotatable bonds is 2. The molecule has 2 aromatic rings. The highest BCUT2D eigenvalue weighted by Gasteiger charge is 2.32. The lowest BCUT2D eigenvalue weighted by Crippen LogP contribution is -2.30. The van der Waals surface area contributed by atoms with Crippen LogP contribution in [0.3, 0.4) is 0 Å². The smallest absolute Gasteiger partial charge is 0.281 e. The first-order chi connectivity index (χ1) is 10.9. The minimum absolute atomic E-state index is 0.151. The van der Waals surface area contributed by atoms with Crippen molar-refractivity contribution in [3.05, 3.63) is 64.9 Å². The molecule has 0 spiro atoms. The molecule has 1 fully saturated rings. The first-order valence-electron chi connectivity index (χ1n) is 7.18. The molecule has 2 N–H and O–H groups in total.